The maximum absolute atomic E-state index is 5.93. The first-order chi connectivity index (χ1) is 15.3. The predicted molar refractivity (Wildman–Crippen MR) is 121 cm³/mol. The summed E-state index contributed by atoms with van der Waals surface area (Å²) in [5.74, 6) is 1.17. The molecule has 0 bridgehead atoms. The number of hydrazone groups is 1. The van der Waals surface area contributed by atoms with Gasteiger partial charge in [0.05, 0.1) is 31.7 Å². The first kappa shape index (κ1) is 20.7. The zero-order valence-corrected chi connectivity index (χ0v) is 17.6. The van der Waals surface area contributed by atoms with E-state index in [-0.39, 0.29) is 0 Å². The summed E-state index contributed by atoms with van der Waals surface area (Å²) < 4.78 is 11.4. The normalized spacial score (nSPS) is 14.0. The average Bonchev–Trinajstić information content (AvgIpc) is 2.80. The second kappa shape index (κ2) is 10.5. The van der Waals surface area contributed by atoms with Gasteiger partial charge in [0.15, 0.2) is 5.82 Å². The third-order valence-corrected chi connectivity index (χ3v) is 4.82. The van der Waals surface area contributed by atoms with E-state index in [1.807, 2.05) is 24.3 Å². The smallest absolute Gasteiger partial charge is 0.217 e. The summed E-state index contributed by atoms with van der Waals surface area (Å²) in [7, 11) is 0. The van der Waals surface area contributed by atoms with Crippen LogP contribution in [-0.2, 0) is 11.2 Å². The van der Waals surface area contributed by atoms with Crippen molar-refractivity contribution >= 4 is 17.7 Å². The average molecular weight is 419 g/mol. The molecular formula is C23H26N6O2. The van der Waals surface area contributed by atoms with E-state index in [1.165, 1.54) is 5.56 Å². The number of pyridine rings is 1. The third-order valence-electron chi connectivity index (χ3n) is 4.82. The lowest BCUT2D eigenvalue weighted by atomic mass is 10.2. The molecule has 3 aromatic rings. The molecule has 1 saturated heterocycles. The van der Waals surface area contributed by atoms with Gasteiger partial charge in [-0.2, -0.15) is 10.1 Å². The molecular weight excluding hydrogens is 392 g/mol. The topological polar surface area (TPSA) is 84.8 Å². The highest BCUT2D eigenvalue weighted by atomic mass is 16.5. The first-order valence-corrected chi connectivity index (χ1v) is 10.3. The molecule has 0 atom stereocenters. The van der Waals surface area contributed by atoms with Crippen molar-refractivity contribution in [2.45, 2.75) is 13.3 Å². The van der Waals surface area contributed by atoms with Gasteiger partial charge in [-0.15, -0.1) is 0 Å². The van der Waals surface area contributed by atoms with Gasteiger partial charge in [-0.05, 0) is 12.5 Å². The van der Waals surface area contributed by atoms with Crippen LogP contribution in [0, 0.1) is 6.92 Å². The van der Waals surface area contributed by atoms with Crippen LogP contribution in [0.1, 0.15) is 16.8 Å². The monoisotopic (exact) mass is 418 g/mol. The highest BCUT2D eigenvalue weighted by Gasteiger charge is 2.14. The molecule has 1 fully saturated rings. The third kappa shape index (κ3) is 6.23. The van der Waals surface area contributed by atoms with Crippen molar-refractivity contribution in [1.29, 1.82) is 0 Å². The lowest BCUT2D eigenvalue weighted by Crippen LogP contribution is -2.36. The summed E-state index contributed by atoms with van der Waals surface area (Å²) >= 11 is 0. The van der Waals surface area contributed by atoms with Gasteiger partial charge in [0.25, 0.3) is 0 Å². The van der Waals surface area contributed by atoms with Crippen molar-refractivity contribution in [2.24, 2.45) is 5.10 Å². The van der Waals surface area contributed by atoms with Gasteiger partial charge in [-0.3, -0.25) is 15.4 Å². The van der Waals surface area contributed by atoms with E-state index >= 15 is 0 Å². The highest BCUT2D eigenvalue weighted by molar-refractivity contribution is 5.80. The number of hydrogen-bond donors (Lipinski definition) is 1. The number of aryl methyl sites for hydroxylation is 1. The number of nitrogens with zero attached hydrogens (tertiary/aromatic N) is 5. The Morgan fingerprint density at radius 2 is 2.10 bits per heavy atom. The molecule has 0 radical (unpaired) electrons. The van der Waals surface area contributed by atoms with E-state index in [1.54, 1.807) is 24.8 Å². The highest BCUT2D eigenvalue weighted by Crippen LogP contribution is 2.25. The molecule has 1 aliphatic rings. The van der Waals surface area contributed by atoms with Crippen molar-refractivity contribution in [3.8, 4) is 5.88 Å². The molecule has 4 rings (SSSR count). The molecule has 8 nitrogen and oxygen atoms in total. The number of aromatic nitrogens is 3. The van der Waals surface area contributed by atoms with Gasteiger partial charge >= 0.3 is 0 Å². The SMILES string of the molecule is Cc1cccc(/C=N/Nc2cc(N3CCOCC3)cc(OCCc3cnccn3)n2)c1. The van der Waals surface area contributed by atoms with E-state index in [0.29, 0.717) is 37.9 Å². The maximum Gasteiger partial charge on any atom is 0.217 e. The summed E-state index contributed by atoms with van der Waals surface area (Å²) in [6.07, 6.45) is 7.53. The van der Waals surface area contributed by atoms with Crippen LogP contribution in [0.4, 0.5) is 11.5 Å². The maximum atomic E-state index is 5.93. The molecule has 0 spiro atoms. The fourth-order valence-corrected chi connectivity index (χ4v) is 3.27. The Morgan fingerprint density at radius 1 is 1.19 bits per heavy atom. The Balaban J connectivity index is 1.46. The molecule has 0 aliphatic carbocycles. The number of nitrogens with one attached hydrogen (secondary N) is 1. The number of morpholine rings is 1. The molecule has 0 amide bonds. The van der Waals surface area contributed by atoms with Gasteiger partial charge in [0.2, 0.25) is 5.88 Å². The molecule has 3 heterocycles. The van der Waals surface area contributed by atoms with Gasteiger partial charge in [-0.1, -0.05) is 29.8 Å². The quantitative estimate of drug-likeness (QED) is 0.444. The minimum Gasteiger partial charge on any atom is -0.477 e. The number of ether oxygens (including phenoxy) is 2. The molecule has 160 valence electrons. The van der Waals surface area contributed by atoms with Crippen molar-refractivity contribution in [3.63, 3.8) is 0 Å². The summed E-state index contributed by atoms with van der Waals surface area (Å²) in [6, 6.07) is 12.1. The lowest BCUT2D eigenvalue weighted by Gasteiger charge is -2.29. The summed E-state index contributed by atoms with van der Waals surface area (Å²) in [6.45, 7) is 5.59. The molecule has 1 aliphatic heterocycles. The first-order valence-electron chi connectivity index (χ1n) is 10.3. The van der Waals surface area contributed by atoms with Crippen LogP contribution in [0.5, 0.6) is 5.88 Å². The van der Waals surface area contributed by atoms with Crippen LogP contribution in [0.15, 0.2) is 60.1 Å². The van der Waals surface area contributed by atoms with Gasteiger partial charge in [-0.25, -0.2) is 0 Å². The fraction of sp³-hybridized carbons (Fsp3) is 0.304. The van der Waals surface area contributed by atoms with Crippen LogP contribution in [-0.4, -0.2) is 54.1 Å². The molecule has 1 N–H and O–H groups in total. The van der Waals surface area contributed by atoms with Crippen LogP contribution in [0.25, 0.3) is 0 Å². The van der Waals surface area contributed by atoms with Crippen LogP contribution in [0.2, 0.25) is 0 Å². The minimum absolute atomic E-state index is 0.463. The second-order valence-electron chi connectivity index (χ2n) is 7.23. The number of benzene rings is 1. The molecule has 1 aromatic carbocycles. The Bertz CT molecular complexity index is 1010. The van der Waals surface area contributed by atoms with Gasteiger partial charge < -0.3 is 14.4 Å². The summed E-state index contributed by atoms with van der Waals surface area (Å²) in [5.41, 5.74) is 7.17. The van der Waals surface area contributed by atoms with E-state index in [0.717, 1.165) is 30.0 Å². The Hall–Kier alpha value is -3.52. The second-order valence-corrected chi connectivity index (χ2v) is 7.23. The van der Waals surface area contributed by atoms with Crippen LogP contribution < -0.4 is 15.1 Å². The van der Waals surface area contributed by atoms with Gasteiger partial charge in [0.1, 0.15) is 0 Å². The van der Waals surface area contributed by atoms with E-state index in [9.17, 15) is 0 Å². The summed E-state index contributed by atoms with van der Waals surface area (Å²) in [5, 5.41) is 4.35. The minimum atomic E-state index is 0.463. The summed E-state index contributed by atoms with van der Waals surface area (Å²) in [4.78, 5) is 15.2. The Kier molecular flexibility index (Phi) is 7.02. The largest absolute Gasteiger partial charge is 0.477 e. The zero-order chi connectivity index (χ0) is 21.3. The van der Waals surface area contributed by atoms with Crippen molar-refractivity contribution in [3.05, 3.63) is 71.8 Å². The Labute approximate surface area is 182 Å². The van der Waals surface area contributed by atoms with Gasteiger partial charge in [0, 0.05) is 55.9 Å². The van der Waals surface area contributed by atoms with E-state index in [2.05, 4.69) is 49.4 Å². The predicted octanol–water partition coefficient (Wildman–Crippen LogP) is 3.08. The van der Waals surface area contributed by atoms with E-state index in [4.69, 9.17) is 9.47 Å². The molecule has 2 aromatic heterocycles. The molecule has 0 unspecified atom stereocenters. The van der Waals surface area contributed by atoms with Crippen molar-refractivity contribution < 1.29 is 9.47 Å². The molecule has 0 saturated carbocycles. The van der Waals surface area contributed by atoms with Crippen molar-refractivity contribution in [2.75, 3.05) is 43.2 Å². The standard InChI is InChI=1S/C23H26N6O2/c1-18-3-2-4-19(13-18)16-26-28-22-14-21(29-8-11-30-12-9-29)15-23(27-22)31-10-5-20-17-24-6-7-25-20/h2-4,6-7,13-17H,5,8-12H2,1H3,(H,27,28)/b26-16+. The van der Waals surface area contributed by atoms with Crippen molar-refractivity contribution in [1.82, 2.24) is 15.0 Å². The number of anilines is 2. The van der Waals surface area contributed by atoms with Crippen LogP contribution in [0.3, 0.4) is 0 Å². The zero-order valence-electron chi connectivity index (χ0n) is 17.6. The number of hydrogen-bond acceptors (Lipinski definition) is 8. The molecule has 31 heavy (non-hydrogen) atoms. The van der Waals surface area contributed by atoms with E-state index < -0.39 is 0 Å². The lowest BCUT2D eigenvalue weighted by molar-refractivity contribution is 0.122. The Morgan fingerprint density at radius 3 is 2.90 bits per heavy atom. The molecule has 8 heteroatoms. The number of rotatable bonds is 8. The van der Waals surface area contributed by atoms with Crippen LogP contribution >= 0.6 is 0 Å². The fourth-order valence-electron chi connectivity index (χ4n) is 3.27.